The second kappa shape index (κ2) is 10.3. The molecule has 9 nitrogen and oxygen atoms in total. The SMILES string of the molecule is C/C(N)=C(/C=Nc1ccnc(C(C)(C)O)n1)n1c(C)cc(OCc2ncc(F)cc2F)c(Cl)c1=O. The minimum atomic E-state index is -1.27. The minimum absolute atomic E-state index is 0.00692. The Balaban J connectivity index is 1.94. The number of rotatable bonds is 7. The van der Waals surface area contributed by atoms with Gasteiger partial charge in [0.2, 0.25) is 0 Å². The monoisotopic (exact) mass is 504 g/mol. The number of aryl methyl sites for hydroxylation is 1. The highest BCUT2D eigenvalue weighted by molar-refractivity contribution is 6.32. The molecule has 0 atom stereocenters. The minimum Gasteiger partial charge on any atom is -0.485 e. The van der Waals surface area contributed by atoms with E-state index in [1.165, 1.54) is 29.1 Å². The van der Waals surface area contributed by atoms with Crippen LogP contribution in [0, 0.1) is 18.6 Å². The molecule has 0 aliphatic rings. The van der Waals surface area contributed by atoms with E-state index in [-0.39, 0.29) is 46.1 Å². The van der Waals surface area contributed by atoms with Crippen LogP contribution in [0.15, 0.2) is 46.1 Å². The van der Waals surface area contributed by atoms with Crippen molar-refractivity contribution in [2.24, 2.45) is 10.7 Å². The van der Waals surface area contributed by atoms with Gasteiger partial charge in [-0.1, -0.05) is 11.6 Å². The largest absolute Gasteiger partial charge is 0.485 e. The molecule has 0 aliphatic carbocycles. The standard InChI is InChI=1S/C23H23ClF2N6O3/c1-12-7-18(35-11-16-15(26)8-14(25)9-29-16)20(24)21(33)32(12)17(13(2)27)10-30-19-5-6-28-22(31-19)23(3,4)34/h5-10,34H,11,27H2,1-4H3/b17-13+,30-10?. The van der Waals surface area contributed by atoms with E-state index < -0.39 is 22.8 Å². The molecule has 3 rings (SSSR count). The Bertz CT molecular complexity index is 1380. The third-order valence-electron chi connectivity index (χ3n) is 4.70. The van der Waals surface area contributed by atoms with E-state index in [0.717, 1.165) is 6.20 Å². The van der Waals surface area contributed by atoms with E-state index in [1.807, 2.05) is 0 Å². The van der Waals surface area contributed by atoms with E-state index in [4.69, 9.17) is 22.1 Å². The Morgan fingerprint density at radius 2 is 2.06 bits per heavy atom. The first-order valence-electron chi connectivity index (χ1n) is 10.3. The Hall–Kier alpha value is -3.70. The average Bonchev–Trinajstić information content (AvgIpc) is 2.77. The van der Waals surface area contributed by atoms with Crippen LogP contribution in [0.25, 0.3) is 5.70 Å². The molecule has 3 aromatic heterocycles. The number of ether oxygens (including phenoxy) is 1. The van der Waals surface area contributed by atoms with Crippen LogP contribution in [0.2, 0.25) is 5.02 Å². The maximum atomic E-state index is 13.8. The van der Waals surface area contributed by atoms with Gasteiger partial charge in [-0.05, 0) is 27.7 Å². The molecule has 3 heterocycles. The molecule has 0 unspecified atom stereocenters. The molecule has 0 saturated heterocycles. The van der Waals surface area contributed by atoms with Gasteiger partial charge in [0.25, 0.3) is 5.56 Å². The highest BCUT2D eigenvalue weighted by Crippen LogP contribution is 2.25. The smallest absolute Gasteiger partial charge is 0.278 e. The van der Waals surface area contributed by atoms with Crippen molar-refractivity contribution in [2.75, 3.05) is 0 Å². The van der Waals surface area contributed by atoms with Crippen LogP contribution < -0.4 is 16.0 Å². The molecule has 184 valence electrons. The van der Waals surface area contributed by atoms with Crippen molar-refractivity contribution in [3.8, 4) is 5.75 Å². The third-order valence-corrected chi connectivity index (χ3v) is 5.05. The summed E-state index contributed by atoms with van der Waals surface area (Å²) in [6, 6.07) is 3.68. The lowest BCUT2D eigenvalue weighted by Gasteiger charge is -2.16. The molecule has 35 heavy (non-hydrogen) atoms. The number of hydrogen-bond donors (Lipinski definition) is 2. The maximum absolute atomic E-state index is 13.8. The summed E-state index contributed by atoms with van der Waals surface area (Å²) >= 11 is 6.25. The zero-order valence-electron chi connectivity index (χ0n) is 19.4. The average molecular weight is 505 g/mol. The van der Waals surface area contributed by atoms with Crippen molar-refractivity contribution in [2.45, 2.75) is 39.9 Å². The number of aliphatic hydroxyl groups is 1. The van der Waals surface area contributed by atoms with Gasteiger partial charge < -0.3 is 15.6 Å². The van der Waals surface area contributed by atoms with Crippen LogP contribution in [0.4, 0.5) is 14.6 Å². The Labute approximate surface area is 204 Å². The maximum Gasteiger partial charge on any atom is 0.278 e. The van der Waals surface area contributed by atoms with Crippen LogP contribution in [0.1, 0.15) is 38.0 Å². The molecular formula is C23H23ClF2N6O3. The molecule has 0 spiro atoms. The number of aliphatic imine (C=N–C) groups is 1. The first-order chi connectivity index (χ1) is 16.4. The predicted molar refractivity (Wildman–Crippen MR) is 127 cm³/mol. The van der Waals surface area contributed by atoms with Crippen LogP contribution in [0.5, 0.6) is 5.75 Å². The van der Waals surface area contributed by atoms with Crippen LogP contribution in [-0.2, 0) is 12.2 Å². The predicted octanol–water partition coefficient (Wildman–Crippen LogP) is 3.63. The summed E-state index contributed by atoms with van der Waals surface area (Å²) in [6.45, 7) is 5.92. The number of pyridine rings is 2. The lowest BCUT2D eigenvalue weighted by atomic mass is 10.1. The summed E-state index contributed by atoms with van der Waals surface area (Å²) in [5, 5.41) is 9.83. The first-order valence-corrected chi connectivity index (χ1v) is 10.7. The first kappa shape index (κ1) is 25.9. The van der Waals surface area contributed by atoms with E-state index >= 15 is 0 Å². The van der Waals surface area contributed by atoms with Gasteiger partial charge in [0, 0.05) is 35.8 Å². The fourth-order valence-corrected chi connectivity index (χ4v) is 3.15. The lowest BCUT2D eigenvalue weighted by molar-refractivity contribution is 0.0688. The fourth-order valence-electron chi connectivity index (χ4n) is 2.96. The van der Waals surface area contributed by atoms with Gasteiger partial charge in [-0.15, -0.1) is 0 Å². The van der Waals surface area contributed by atoms with Crippen molar-refractivity contribution in [3.05, 3.63) is 80.5 Å². The van der Waals surface area contributed by atoms with Crippen molar-refractivity contribution >= 4 is 29.3 Å². The summed E-state index contributed by atoms with van der Waals surface area (Å²) in [6.07, 6.45) is 3.65. The summed E-state index contributed by atoms with van der Waals surface area (Å²) in [7, 11) is 0. The molecule has 12 heteroatoms. The Morgan fingerprint density at radius 3 is 2.69 bits per heavy atom. The fraction of sp³-hybridized carbons (Fsp3) is 0.261. The van der Waals surface area contributed by atoms with Crippen LogP contribution in [-0.4, -0.2) is 30.8 Å². The number of nitrogens with zero attached hydrogens (tertiary/aromatic N) is 5. The molecule has 3 aromatic rings. The topological polar surface area (TPSA) is 129 Å². The van der Waals surface area contributed by atoms with Gasteiger partial charge in [0.15, 0.2) is 17.5 Å². The van der Waals surface area contributed by atoms with E-state index in [9.17, 15) is 18.7 Å². The second-order valence-corrected chi connectivity index (χ2v) is 8.48. The zero-order valence-corrected chi connectivity index (χ0v) is 20.1. The van der Waals surface area contributed by atoms with E-state index in [1.54, 1.807) is 27.7 Å². The van der Waals surface area contributed by atoms with E-state index in [0.29, 0.717) is 11.8 Å². The van der Waals surface area contributed by atoms with Gasteiger partial charge in [0.05, 0.1) is 18.1 Å². The third kappa shape index (κ3) is 6.06. The molecule has 0 radical (unpaired) electrons. The number of nitrogens with two attached hydrogens (primary N) is 1. The van der Waals surface area contributed by atoms with Crippen molar-refractivity contribution in [1.29, 1.82) is 0 Å². The molecular weight excluding hydrogens is 482 g/mol. The van der Waals surface area contributed by atoms with Crippen molar-refractivity contribution in [3.63, 3.8) is 0 Å². The normalized spacial score (nSPS) is 12.7. The molecule has 0 amide bonds. The molecule has 3 N–H and O–H groups in total. The summed E-state index contributed by atoms with van der Waals surface area (Å²) in [5.74, 6) is -1.30. The lowest BCUT2D eigenvalue weighted by Crippen LogP contribution is -2.25. The molecule has 0 aliphatic heterocycles. The van der Waals surface area contributed by atoms with Crippen LogP contribution >= 0.6 is 11.6 Å². The number of aromatic nitrogens is 4. The molecule has 0 fully saturated rings. The molecule has 0 saturated carbocycles. The van der Waals surface area contributed by atoms with Gasteiger partial charge >= 0.3 is 0 Å². The summed E-state index contributed by atoms with van der Waals surface area (Å²) in [4.78, 5) is 29.2. The number of halogens is 3. The molecule has 0 aromatic carbocycles. The highest BCUT2D eigenvalue weighted by atomic mass is 35.5. The number of hydrogen-bond acceptors (Lipinski definition) is 8. The quantitative estimate of drug-likeness (QED) is 0.470. The summed E-state index contributed by atoms with van der Waals surface area (Å²) < 4.78 is 33.6. The molecule has 0 bridgehead atoms. The van der Waals surface area contributed by atoms with E-state index in [2.05, 4.69) is 19.9 Å². The van der Waals surface area contributed by atoms with Crippen molar-refractivity contribution < 1.29 is 18.6 Å². The number of allylic oxidation sites excluding steroid dienone is 2. The zero-order chi connectivity index (χ0) is 25.9. The van der Waals surface area contributed by atoms with Crippen molar-refractivity contribution in [1.82, 2.24) is 19.5 Å². The Morgan fingerprint density at radius 1 is 1.34 bits per heavy atom. The van der Waals surface area contributed by atoms with Gasteiger partial charge in [0.1, 0.15) is 34.5 Å². The second-order valence-electron chi connectivity index (χ2n) is 8.10. The Kier molecular flexibility index (Phi) is 7.61. The van der Waals surface area contributed by atoms with Crippen LogP contribution in [0.3, 0.4) is 0 Å². The van der Waals surface area contributed by atoms with Gasteiger partial charge in [-0.25, -0.2) is 23.7 Å². The van der Waals surface area contributed by atoms with Gasteiger partial charge in [-0.3, -0.25) is 14.3 Å². The highest BCUT2D eigenvalue weighted by Gasteiger charge is 2.20. The van der Waals surface area contributed by atoms with Gasteiger partial charge in [-0.2, -0.15) is 0 Å². The summed E-state index contributed by atoms with van der Waals surface area (Å²) in [5.41, 5.74) is 4.85.